The Morgan fingerprint density at radius 2 is 1.88 bits per heavy atom. The number of para-hydroxylation sites is 2. The van der Waals surface area contributed by atoms with Crippen molar-refractivity contribution in [2.75, 3.05) is 20.2 Å². The summed E-state index contributed by atoms with van der Waals surface area (Å²) in [5.41, 5.74) is 0.553. The molecule has 1 amide bonds. The van der Waals surface area contributed by atoms with Crippen LogP contribution in [0.25, 0.3) is 0 Å². The number of phenolic OH excluding ortho intramolecular Hbond substituents is 1. The van der Waals surface area contributed by atoms with Crippen LogP contribution >= 0.6 is 0 Å². The number of likely N-dealkylation sites (tertiary alicyclic amines) is 1. The molecular formula is C20H22FNO4. The van der Waals surface area contributed by atoms with Gasteiger partial charge in [0.15, 0.2) is 23.1 Å². The van der Waals surface area contributed by atoms with Crippen LogP contribution in [0.3, 0.4) is 0 Å². The minimum absolute atomic E-state index is 0.0291. The fourth-order valence-corrected chi connectivity index (χ4v) is 3.07. The molecule has 1 aliphatic rings. The normalized spacial score (nSPS) is 14.9. The number of piperidine rings is 1. The molecule has 0 saturated carbocycles. The molecule has 1 saturated heterocycles. The minimum Gasteiger partial charge on any atom is -0.505 e. The molecule has 1 heterocycles. The SMILES string of the molecule is COc1ccccc1OC1CCN(C(=O)Cc2ccc(O)c(F)c2)CC1. The Labute approximate surface area is 152 Å². The third-order valence-electron chi connectivity index (χ3n) is 4.52. The number of methoxy groups -OCH3 is 1. The summed E-state index contributed by atoms with van der Waals surface area (Å²) in [5.74, 6) is 0.236. The molecule has 0 bridgehead atoms. The third kappa shape index (κ3) is 4.25. The maximum absolute atomic E-state index is 13.4. The summed E-state index contributed by atoms with van der Waals surface area (Å²) >= 11 is 0. The number of aromatic hydroxyl groups is 1. The second kappa shape index (κ2) is 8.08. The maximum Gasteiger partial charge on any atom is 0.226 e. The van der Waals surface area contributed by atoms with Gasteiger partial charge in [-0.2, -0.15) is 0 Å². The summed E-state index contributed by atoms with van der Waals surface area (Å²) in [6, 6.07) is 11.5. The van der Waals surface area contributed by atoms with Gasteiger partial charge < -0.3 is 19.5 Å². The van der Waals surface area contributed by atoms with Gasteiger partial charge in [-0.25, -0.2) is 4.39 Å². The highest BCUT2D eigenvalue weighted by atomic mass is 19.1. The highest BCUT2D eigenvalue weighted by Crippen LogP contribution is 2.29. The second-order valence-electron chi connectivity index (χ2n) is 6.31. The first-order chi connectivity index (χ1) is 12.6. The molecule has 5 nitrogen and oxygen atoms in total. The van der Waals surface area contributed by atoms with Gasteiger partial charge in [0.25, 0.3) is 0 Å². The van der Waals surface area contributed by atoms with Crippen molar-refractivity contribution in [3.05, 3.63) is 53.8 Å². The van der Waals surface area contributed by atoms with Crippen molar-refractivity contribution in [3.63, 3.8) is 0 Å². The molecule has 26 heavy (non-hydrogen) atoms. The van der Waals surface area contributed by atoms with Crippen LogP contribution in [0.4, 0.5) is 4.39 Å². The van der Waals surface area contributed by atoms with Gasteiger partial charge in [0.1, 0.15) is 6.10 Å². The minimum atomic E-state index is -0.709. The number of hydrogen-bond acceptors (Lipinski definition) is 4. The van der Waals surface area contributed by atoms with Crippen LogP contribution in [0.5, 0.6) is 17.2 Å². The van der Waals surface area contributed by atoms with Gasteiger partial charge in [-0.15, -0.1) is 0 Å². The molecule has 3 rings (SSSR count). The zero-order valence-electron chi connectivity index (χ0n) is 14.7. The van der Waals surface area contributed by atoms with Gasteiger partial charge in [0, 0.05) is 25.9 Å². The van der Waals surface area contributed by atoms with Crippen molar-refractivity contribution < 1.29 is 23.8 Å². The lowest BCUT2D eigenvalue weighted by molar-refractivity contribution is -0.132. The Morgan fingerprint density at radius 3 is 2.54 bits per heavy atom. The van der Waals surface area contributed by atoms with Crippen molar-refractivity contribution in [1.82, 2.24) is 4.90 Å². The molecule has 2 aromatic carbocycles. The number of phenols is 1. The van der Waals surface area contributed by atoms with Crippen LogP contribution in [0.1, 0.15) is 18.4 Å². The first kappa shape index (κ1) is 18.0. The lowest BCUT2D eigenvalue weighted by Gasteiger charge is -2.32. The fourth-order valence-electron chi connectivity index (χ4n) is 3.07. The topological polar surface area (TPSA) is 59.0 Å². The van der Waals surface area contributed by atoms with Gasteiger partial charge >= 0.3 is 0 Å². The first-order valence-electron chi connectivity index (χ1n) is 8.61. The molecule has 1 fully saturated rings. The molecule has 0 aliphatic carbocycles. The van der Waals surface area contributed by atoms with E-state index in [1.165, 1.54) is 12.1 Å². The van der Waals surface area contributed by atoms with E-state index in [0.717, 1.165) is 12.8 Å². The third-order valence-corrected chi connectivity index (χ3v) is 4.52. The van der Waals surface area contributed by atoms with Gasteiger partial charge in [-0.3, -0.25) is 4.79 Å². The van der Waals surface area contributed by atoms with E-state index in [2.05, 4.69) is 0 Å². The highest BCUT2D eigenvalue weighted by molar-refractivity contribution is 5.78. The summed E-state index contributed by atoms with van der Waals surface area (Å²) in [4.78, 5) is 14.2. The van der Waals surface area contributed by atoms with E-state index in [0.29, 0.717) is 30.2 Å². The van der Waals surface area contributed by atoms with Gasteiger partial charge in [0.05, 0.1) is 13.5 Å². The monoisotopic (exact) mass is 359 g/mol. The predicted octanol–water partition coefficient (Wildman–Crippen LogP) is 3.15. The molecular weight excluding hydrogens is 337 g/mol. The number of carbonyl (C=O) groups is 1. The number of amides is 1. The molecule has 0 atom stereocenters. The molecule has 2 aromatic rings. The van der Waals surface area contributed by atoms with Crippen molar-refractivity contribution >= 4 is 5.91 Å². The standard InChI is InChI=1S/C20H22FNO4/c1-25-18-4-2-3-5-19(18)26-15-8-10-22(11-9-15)20(24)13-14-6-7-17(23)16(21)12-14/h2-7,12,15,23H,8-11,13H2,1H3. The Hall–Kier alpha value is -2.76. The van der Waals surface area contributed by atoms with Crippen molar-refractivity contribution in [1.29, 1.82) is 0 Å². The second-order valence-corrected chi connectivity index (χ2v) is 6.31. The molecule has 138 valence electrons. The van der Waals surface area contributed by atoms with E-state index in [-0.39, 0.29) is 18.4 Å². The Bertz CT molecular complexity index is 772. The average Bonchev–Trinajstić information content (AvgIpc) is 2.66. The Morgan fingerprint density at radius 1 is 1.19 bits per heavy atom. The number of benzene rings is 2. The van der Waals surface area contributed by atoms with Crippen molar-refractivity contribution in [2.24, 2.45) is 0 Å². The summed E-state index contributed by atoms with van der Waals surface area (Å²) < 4.78 is 24.7. The van der Waals surface area contributed by atoms with E-state index in [4.69, 9.17) is 9.47 Å². The summed E-state index contributed by atoms with van der Waals surface area (Å²) in [6.45, 7) is 1.19. The van der Waals surface area contributed by atoms with Gasteiger partial charge in [0.2, 0.25) is 5.91 Å². The van der Waals surface area contributed by atoms with E-state index < -0.39 is 11.6 Å². The number of halogens is 1. The van der Waals surface area contributed by atoms with Crippen LogP contribution in [0.2, 0.25) is 0 Å². The largest absolute Gasteiger partial charge is 0.505 e. The molecule has 0 radical (unpaired) electrons. The van der Waals surface area contributed by atoms with Crippen molar-refractivity contribution in [3.8, 4) is 17.2 Å². The van der Waals surface area contributed by atoms with Crippen LogP contribution in [-0.2, 0) is 11.2 Å². The molecule has 0 aromatic heterocycles. The van der Waals surface area contributed by atoms with Gasteiger partial charge in [-0.05, 0) is 29.8 Å². The fraction of sp³-hybridized carbons (Fsp3) is 0.350. The summed E-state index contributed by atoms with van der Waals surface area (Å²) in [7, 11) is 1.61. The van der Waals surface area contributed by atoms with E-state index in [9.17, 15) is 14.3 Å². The van der Waals surface area contributed by atoms with Gasteiger partial charge in [-0.1, -0.05) is 18.2 Å². The number of hydrogen-bond donors (Lipinski definition) is 1. The Kier molecular flexibility index (Phi) is 5.61. The molecule has 1 N–H and O–H groups in total. The van der Waals surface area contributed by atoms with Crippen LogP contribution in [0.15, 0.2) is 42.5 Å². The summed E-state index contributed by atoms with van der Waals surface area (Å²) in [6.07, 6.45) is 1.61. The number of rotatable bonds is 5. The molecule has 6 heteroatoms. The molecule has 0 unspecified atom stereocenters. The first-order valence-corrected chi connectivity index (χ1v) is 8.61. The zero-order chi connectivity index (χ0) is 18.5. The maximum atomic E-state index is 13.4. The number of carbonyl (C=O) groups excluding carboxylic acids is 1. The van der Waals surface area contributed by atoms with E-state index >= 15 is 0 Å². The molecule has 1 aliphatic heterocycles. The number of ether oxygens (including phenoxy) is 2. The Balaban J connectivity index is 1.53. The molecule has 0 spiro atoms. The zero-order valence-corrected chi connectivity index (χ0v) is 14.7. The van der Waals surface area contributed by atoms with E-state index in [1.54, 1.807) is 18.1 Å². The highest BCUT2D eigenvalue weighted by Gasteiger charge is 2.24. The lowest BCUT2D eigenvalue weighted by Crippen LogP contribution is -2.42. The smallest absolute Gasteiger partial charge is 0.226 e. The van der Waals surface area contributed by atoms with Crippen molar-refractivity contribution in [2.45, 2.75) is 25.4 Å². The van der Waals surface area contributed by atoms with E-state index in [1.807, 2.05) is 24.3 Å². The van der Waals surface area contributed by atoms with Crippen LogP contribution in [0, 0.1) is 5.82 Å². The lowest BCUT2D eigenvalue weighted by atomic mass is 10.1. The van der Waals surface area contributed by atoms with Crippen LogP contribution < -0.4 is 9.47 Å². The predicted molar refractivity (Wildman–Crippen MR) is 95.0 cm³/mol. The summed E-state index contributed by atoms with van der Waals surface area (Å²) in [5, 5.41) is 9.22. The quantitative estimate of drug-likeness (QED) is 0.891. The van der Waals surface area contributed by atoms with Crippen LogP contribution in [-0.4, -0.2) is 42.2 Å². The number of nitrogens with zero attached hydrogens (tertiary/aromatic N) is 1. The average molecular weight is 359 g/mol.